The fourth-order valence-electron chi connectivity index (χ4n) is 1.21. The van der Waals surface area contributed by atoms with E-state index in [1.54, 1.807) is 0 Å². The molecule has 0 saturated heterocycles. The van der Waals surface area contributed by atoms with E-state index < -0.39 is 53.8 Å². The van der Waals surface area contributed by atoms with E-state index >= 15 is 0 Å². The number of hydrogen-bond donors (Lipinski definition) is 0. The van der Waals surface area contributed by atoms with Crippen LogP contribution in [-0.2, 0) is 29.2 Å². The molecule has 0 radical (unpaired) electrons. The van der Waals surface area contributed by atoms with Crippen molar-refractivity contribution in [1.82, 2.24) is 0 Å². The average Bonchev–Trinajstić information content (AvgIpc) is 2.32. The molecule has 0 aliphatic heterocycles. The molecule has 0 spiro atoms. The maximum absolute atomic E-state index is 12.4. The lowest BCUT2D eigenvalue weighted by Gasteiger charge is -2.33. The highest BCUT2D eigenvalue weighted by Gasteiger charge is 2.53. The van der Waals surface area contributed by atoms with Crippen molar-refractivity contribution in [3.05, 3.63) is 4.58 Å². The average molecular weight is 393 g/mol. The Hall–Kier alpha value is -1.05. The monoisotopic (exact) mass is 393 g/mol. The largest absolute Gasteiger partial charge is 0.469 e. The van der Waals surface area contributed by atoms with Crippen LogP contribution >= 0.6 is 0 Å². The number of rotatable bonds is 6. The molecule has 138 valence electrons. The van der Waals surface area contributed by atoms with Gasteiger partial charge in [-0.15, -0.1) is 6.42 Å². The highest BCUT2D eigenvalue weighted by atomic mass is 32.3. The smallest absolute Gasteiger partial charge is 0.465 e. The molecule has 0 aromatic rings. The van der Waals surface area contributed by atoms with Gasteiger partial charge in [0.1, 0.15) is 19.7 Å². The maximum atomic E-state index is 12.4. The van der Waals surface area contributed by atoms with Crippen LogP contribution in [0.4, 0.5) is 26.3 Å². The van der Waals surface area contributed by atoms with Crippen LogP contribution < -0.4 is 0 Å². The lowest BCUT2D eigenvalue weighted by Crippen LogP contribution is -2.41. The summed E-state index contributed by atoms with van der Waals surface area (Å²) in [4.78, 5) is 10.9. The first-order chi connectivity index (χ1) is 9.98. The summed E-state index contributed by atoms with van der Waals surface area (Å²) in [5, 5.41) is 0. The second-order valence-electron chi connectivity index (χ2n) is 4.13. The van der Waals surface area contributed by atoms with Crippen LogP contribution in [0.3, 0.4) is 0 Å². The molecule has 0 bridgehead atoms. The number of esters is 1. The summed E-state index contributed by atoms with van der Waals surface area (Å²) in [7, 11) is -13.6. The fraction of sp³-hybridized carbons (Fsp3) is 0.778. The van der Waals surface area contributed by atoms with E-state index in [1.165, 1.54) is 6.92 Å². The minimum atomic E-state index is -6.80. The van der Waals surface area contributed by atoms with Gasteiger partial charge in [-0.2, -0.15) is 26.3 Å². The van der Waals surface area contributed by atoms with Crippen molar-refractivity contribution in [1.29, 1.82) is 0 Å². The summed E-state index contributed by atoms with van der Waals surface area (Å²) in [6.45, 7) is 2.00. The minimum Gasteiger partial charge on any atom is -0.465 e. The molecule has 23 heavy (non-hydrogen) atoms. The summed E-state index contributed by atoms with van der Waals surface area (Å²) in [5.41, 5.74) is -12.5. The second kappa shape index (κ2) is 6.83. The van der Waals surface area contributed by atoms with Gasteiger partial charge in [0.2, 0.25) is 0 Å². The standard InChI is InChI=1S/C9H11F6O6S2/c1-3-6(16)21-5(2)4-7(22(17,18)8(10,11)12)23(19,20)9(13,14)15/h5H,3-4H2,1-2H3/q-1. The van der Waals surface area contributed by atoms with Gasteiger partial charge < -0.3 is 4.74 Å². The second-order valence-corrected chi connectivity index (χ2v) is 8.31. The molecule has 0 amide bonds. The molecule has 0 N–H and O–H groups in total. The molecule has 0 aromatic heterocycles. The Morgan fingerprint density at radius 3 is 1.61 bits per heavy atom. The van der Waals surface area contributed by atoms with Gasteiger partial charge in [-0.25, -0.2) is 0 Å². The van der Waals surface area contributed by atoms with Gasteiger partial charge in [0.25, 0.3) is 0 Å². The molecule has 0 heterocycles. The van der Waals surface area contributed by atoms with Crippen LogP contribution in [0.15, 0.2) is 0 Å². The molecule has 0 fully saturated rings. The van der Waals surface area contributed by atoms with E-state index in [4.69, 9.17) is 0 Å². The Bertz CT molecular complexity index is 588. The van der Waals surface area contributed by atoms with E-state index in [9.17, 15) is 48.0 Å². The molecule has 0 rings (SSSR count). The van der Waals surface area contributed by atoms with Crippen molar-refractivity contribution in [3.63, 3.8) is 0 Å². The van der Waals surface area contributed by atoms with Crippen LogP contribution in [-0.4, -0.2) is 39.9 Å². The number of ether oxygens (including phenoxy) is 1. The first-order valence-corrected chi connectivity index (χ1v) is 8.63. The van der Waals surface area contributed by atoms with Gasteiger partial charge in [-0.05, 0) is 6.92 Å². The molecule has 0 aliphatic rings. The highest BCUT2D eigenvalue weighted by molar-refractivity contribution is 8.13. The van der Waals surface area contributed by atoms with Crippen LogP contribution in [0, 0.1) is 4.58 Å². The number of carbonyl (C=O) groups excluding carboxylic acids is 1. The van der Waals surface area contributed by atoms with Crippen LogP contribution in [0.1, 0.15) is 26.7 Å². The number of sulfone groups is 2. The number of carbonyl (C=O) groups is 1. The quantitative estimate of drug-likeness (QED) is 0.390. The van der Waals surface area contributed by atoms with Gasteiger partial charge in [0.15, 0.2) is 0 Å². The molecule has 0 saturated carbocycles. The SMILES string of the molecule is CCC(=O)OC(C)C[C-](S(=O)(=O)C(F)(F)F)S(=O)(=O)C(F)(F)F. The van der Waals surface area contributed by atoms with E-state index in [-0.39, 0.29) is 6.42 Å². The van der Waals surface area contributed by atoms with Crippen molar-refractivity contribution >= 4 is 25.6 Å². The Morgan fingerprint density at radius 2 is 1.35 bits per heavy atom. The van der Waals surface area contributed by atoms with Gasteiger partial charge in [0, 0.05) is 6.42 Å². The van der Waals surface area contributed by atoms with Gasteiger partial charge >= 0.3 is 17.0 Å². The zero-order valence-corrected chi connectivity index (χ0v) is 13.2. The molecular weight excluding hydrogens is 382 g/mol. The zero-order valence-electron chi connectivity index (χ0n) is 11.5. The fourth-order valence-corrected chi connectivity index (χ4v) is 4.35. The van der Waals surface area contributed by atoms with Crippen molar-refractivity contribution in [2.24, 2.45) is 0 Å². The van der Waals surface area contributed by atoms with Gasteiger partial charge in [-0.3, -0.25) is 21.6 Å². The van der Waals surface area contributed by atoms with Gasteiger partial charge in [-0.1, -0.05) is 11.5 Å². The van der Waals surface area contributed by atoms with Crippen LogP contribution in [0.5, 0.6) is 0 Å². The maximum Gasteiger partial charge on any atom is 0.469 e. The highest BCUT2D eigenvalue weighted by Crippen LogP contribution is 2.43. The van der Waals surface area contributed by atoms with E-state index in [2.05, 4.69) is 4.74 Å². The Morgan fingerprint density at radius 1 is 1.00 bits per heavy atom. The third-order valence-corrected chi connectivity index (χ3v) is 6.35. The van der Waals surface area contributed by atoms with Gasteiger partial charge in [0.05, 0.1) is 6.10 Å². The molecule has 0 aliphatic carbocycles. The molecule has 1 atom stereocenters. The first-order valence-electron chi connectivity index (χ1n) is 5.66. The Kier molecular flexibility index (Phi) is 6.51. The third-order valence-electron chi connectivity index (χ3n) is 2.28. The lowest BCUT2D eigenvalue weighted by atomic mass is 10.3. The Balaban J connectivity index is 5.94. The Labute approximate surface area is 127 Å². The predicted octanol–water partition coefficient (Wildman–Crippen LogP) is 2.08. The molecule has 6 nitrogen and oxygen atoms in total. The predicted molar refractivity (Wildman–Crippen MR) is 63.7 cm³/mol. The lowest BCUT2D eigenvalue weighted by molar-refractivity contribution is -0.147. The molecule has 1 unspecified atom stereocenters. The summed E-state index contributed by atoms with van der Waals surface area (Å²) in [5.74, 6) is -1.06. The number of halogens is 6. The normalized spacial score (nSPS) is 15.5. The van der Waals surface area contributed by atoms with Crippen molar-refractivity contribution < 1.29 is 52.7 Å². The number of alkyl halides is 6. The molecule has 0 aromatic carbocycles. The summed E-state index contributed by atoms with van der Waals surface area (Å²) < 4.78 is 121. The minimum absolute atomic E-state index is 0.308. The number of hydrogen-bond acceptors (Lipinski definition) is 6. The zero-order chi connectivity index (χ0) is 18.9. The topological polar surface area (TPSA) is 94.6 Å². The first kappa shape index (κ1) is 21.9. The molecular formula is C9H11F6O6S2-. The van der Waals surface area contributed by atoms with Crippen LogP contribution in [0.25, 0.3) is 0 Å². The van der Waals surface area contributed by atoms with E-state index in [0.29, 0.717) is 0 Å². The third kappa shape index (κ3) is 4.96. The van der Waals surface area contributed by atoms with Crippen molar-refractivity contribution in [3.8, 4) is 0 Å². The summed E-state index contributed by atoms with van der Waals surface area (Å²) >= 11 is 0. The summed E-state index contributed by atoms with van der Waals surface area (Å²) in [6, 6.07) is 0. The van der Waals surface area contributed by atoms with Crippen molar-refractivity contribution in [2.75, 3.05) is 0 Å². The van der Waals surface area contributed by atoms with Crippen molar-refractivity contribution in [2.45, 2.75) is 43.8 Å². The van der Waals surface area contributed by atoms with Crippen LogP contribution in [0.2, 0.25) is 0 Å². The summed E-state index contributed by atoms with van der Waals surface area (Å²) in [6.07, 6.45) is -3.95. The molecule has 14 heteroatoms. The van der Waals surface area contributed by atoms with E-state index in [1.807, 2.05) is 0 Å². The van der Waals surface area contributed by atoms with E-state index in [0.717, 1.165) is 6.92 Å².